The summed E-state index contributed by atoms with van der Waals surface area (Å²) >= 11 is 0. The van der Waals surface area contributed by atoms with E-state index >= 15 is 0 Å². The van der Waals surface area contributed by atoms with Crippen LogP contribution in [-0.4, -0.2) is 37.3 Å². The Balaban J connectivity index is 1.57. The highest BCUT2D eigenvalue weighted by Gasteiger charge is 2.22. The molecule has 2 aliphatic rings. The van der Waals surface area contributed by atoms with E-state index in [1.807, 2.05) is 0 Å². The second kappa shape index (κ2) is 7.43. The standard InChI is InChI=1S/C14H30N4/c15-11-5-1-3-7-13(11)17-9-10-18-14-8-4-2-6-12(14)16/h11-14,17-18H,1-10,15-16H2/t11-,12-,13+,14?/m1/s1. The van der Waals surface area contributed by atoms with E-state index in [9.17, 15) is 0 Å². The number of rotatable bonds is 5. The SMILES string of the molecule is N[C@@H]1CCCCC1NCCN[C@H]1CCCC[C@H]1N. The van der Waals surface area contributed by atoms with Crippen molar-refractivity contribution in [1.29, 1.82) is 0 Å². The second-order valence-electron chi connectivity index (χ2n) is 6.02. The minimum Gasteiger partial charge on any atom is -0.326 e. The van der Waals surface area contributed by atoms with Crippen molar-refractivity contribution in [3.05, 3.63) is 0 Å². The maximum atomic E-state index is 6.12. The molecule has 6 N–H and O–H groups in total. The normalized spacial score (nSPS) is 37.7. The second-order valence-corrected chi connectivity index (χ2v) is 6.02. The Morgan fingerprint density at radius 3 is 1.44 bits per heavy atom. The molecule has 0 heterocycles. The molecule has 0 spiro atoms. The minimum absolute atomic E-state index is 0.357. The molecule has 4 heteroatoms. The number of hydrogen-bond donors (Lipinski definition) is 4. The van der Waals surface area contributed by atoms with Gasteiger partial charge in [-0.25, -0.2) is 0 Å². The highest BCUT2D eigenvalue weighted by molar-refractivity contribution is 4.86. The van der Waals surface area contributed by atoms with Crippen molar-refractivity contribution in [1.82, 2.24) is 10.6 Å². The molecular weight excluding hydrogens is 224 g/mol. The van der Waals surface area contributed by atoms with Gasteiger partial charge in [-0.15, -0.1) is 0 Å². The van der Waals surface area contributed by atoms with Gasteiger partial charge < -0.3 is 22.1 Å². The Bertz CT molecular complexity index is 210. The van der Waals surface area contributed by atoms with Crippen molar-refractivity contribution < 1.29 is 0 Å². The van der Waals surface area contributed by atoms with Crippen molar-refractivity contribution in [2.75, 3.05) is 13.1 Å². The summed E-state index contributed by atoms with van der Waals surface area (Å²) in [5.41, 5.74) is 12.2. The smallest absolute Gasteiger partial charge is 0.0219 e. The molecule has 0 bridgehead atoms. The van der Waals surface area contributed by atoms with Crippen molar-refractivity contribution in [3.63, 3.8) is 0 Å². The van der Waals surface area contributed by atoms with Crippen LogP contribution < -0.4 is 22.1 Å². The summed E-state index contributed by atoms with van der Waals surface area (Å²) in [6.45, 7) is 2.03. The zero-order chi connectivity index (χ0) is 12.8. The monoisotopic (exact) mass is 254 g/mol. The molecule has 2 saturated carbocycles. The lowest BCUT2D eigenvalue weighted by Gasteiger charge is -2.31. The van der Waals surface area contributed by atoms with Crippen molar-refractivity contribution in [3.8, 4) is 0 Å². The molecule has 0 aliphatic heterocycles. The van der Waals surface area contributed by atoms with Gasteiger partial charge in [-0.1, -0.05) is 25.7 Å². The third-order valence-electron chi connectivity index (χ3n) is 4.58. The van der Waals surface area contributed by atoms with Gasteiger partial charge in [-0.05, 0) is 25.7 Å². The summed E-state index contributed by atoms with van der Waals surface area (Å²) in [6.07, 6.45) is 10.1. The van der Waals surface area contributed by atoms with E-state index in [1.54, 1.807) is 0 Å². The van der Waals surface area contributed by atoms with E-state index in [1.165, 1.54) is 51.4 Å². The molecule has 2 rings (SSSR count). The topological polar surface area (TPSA) is 76.1 Å². The van der Waals surface area contributed by atoms with Crippen LogP contribution in [0.2, 0.25) is 0 Å². The molecule has 2 aliphatic carbocycles. The number of hydrogen-bond acceptors (Lipinski definition) is 4. The average molecular weight is 254 g/mol. The molecule has 0 radical (unpaired) electrons. The lowest BCUT2D eigenvalue weighted by atomic mass is 9.90. The van der Waals surface area contributed by atoms with Crippen LogP contribution in [0.4, 0.5) is 0 Å². The lowest BCUT2D eigenvalue weighted by Crippen LogP contribution is -2.51. The highest BCUT2D eigenvalue weighted by Crippen LogP contribution is 2.17. The number of nitrogens with one attached hydrogen (secondary N) is 2. The molecule has 18 heavy (non-hydrogen) atoms. The molecule has 106 valence electrons. The first-order chi connectivity index (χ1) is 8.77. The van der Waals surface area contributed by atoms with Crippen LogP contribution in [0.15, 0.2) is 0 Å². The van der Waals surface area contributed by atoms with Gasteiger partial charge in [0.15, 0.2) is 0 Å². The van der Waals surface area contributed by atoms with Gasteiger partial charge >= 0.3 is 0 Å². The summed E-state index contributed by atoms with van der Waals surface area (Å²) in [7, 11) is 0. The Labute approximate surface area is 111 Å². The summed E-state index contributed by atoms with van der Waals surface area (Å²) in [5.74, 6) is 0. The molecule has 0 aromatic carbocycles. The fourth-order valence-electron chi connectivity index (χ4n) is 3.34. The Hall–Kier alpha value is -0.160. The third-order valence-corrected chi connectivity index (χ3v) is 4.58. The Kier molecular flexibility index (Phi) is 5.89. The predicted molar refractivity (Wildman–Crippen MR) is 76.5 cm³/mol. The Morgan fingerprint density at radius 1 is 0.667 bits per heavy atom. The molecule has 0 saturated heterocycles. The quantitative estimate of drug-likeness (QED) is 0.545. The van der Waals surface area contributed by atoms with Crippen LogP contribution in [0.25, 0.3) is 0 Å². The van der Waals surface area contributed by atoms with Gasteiger partial charge in [0, 0.05) is 37.3 Å². The molecule has 1 unspecified atom stereocenters. The van der Waals surface area contributed by atoms with E-state index in [-0.39, 0.29) is 0 Å². The molecular formula is C14H30N4. The van der Waals surface area contributed by atoms with Crippen LogP contribution in [0, 0.1) is 0 Å². The maximum absolute atomic E-state index is 6.12. The molecule has 4 nitrogen and oxygen atoms in total. The molecule has 4 atom stereocenters. The lowest BCUT2D eigenvalue weighted by molar-refractivity contribution is 0.306. The van der Waals surface area contributed by atoms with Crippen LogP contribution in [0.3, 0.4) is 0 Å². The van der Waals surface area contributed by atoms with Gasteiger partial charge in [0.1, 0.15) is 0 Å². The van der Waals surface area contributed by atoms with Gasteiger partial charge in [0.05, 0.1) is 0 Å². The first-order valence-corrected chi connectivity index (χ1v) is 7.75. The van der Waals surface area contributed by atoms with Gasteiger partial charge in [0.25, 0.3) is 0 Å². The first-order valence-electron chi connectivity index (χ1n) is 7.75. The fourth-order valence-corrected chi connectivity index (χ4v) is 3.34. The summed E-state index contributed by atoms with van der Waals surface area (Å²) in [4.78, 5) is 0. The van der Waals surface area contributed by atoms with Crippen LogP contribution in [-0.2, 0) is 0 Å². The fraction of sp³-hybridized carbons (Fsp3) is 1.00. The van der Waals surface area contributed by atoms with Crippen LogP contribution >= 0.6 is 0 Å². The van der Waals surface area contributed by atoms with Gasteiger partial charge in [-0.2, -0.15) is 0 Å². The van der Waals surface area contributed by atoms with Crippen LogP contribution in [0.5, 0.6) is 0 Å². The maximum Gasteiger partial charge on any atom is 0.0219 e. The molecule has 2 fully saturated rings. The molecule has 0 amide bonds. The summed E-state index contributed by atoms with van der Waals surface area (Å²) < 4.78 is 0. The van der Waals surface area contributed by atoms with Crippen molar-refractivity contribution >= 4 is 0 Å². The van der Waals surface area contributed by atoms with Crippen molar-refractivity contribution in [2.24, 2.45) is 11.5 Å². The van der Waals surface area contributed by atoms with Crippen molar-refractivity contribution in [2.45, 2.75) is 75.5 Å². The first kappa shape index (κ1) is 14.3. The van der Waals surface area contributed by atoms with E-state index in [2.05, 4.69) is 10.6 Å². The predicted octanol–water partition coefficient (Wildman–Crippen LogP) is 0.705. The average Bonchev–Trinajstić information content (AvgIpc) is 2.38. The van der Waals surface area contributed by atoms with Crippen LogP contribution in [0.1, 0.15) is 51.4 Å². The highest BCUT2D eigenvalue weighted by atomic mass is 15.0. The third kappa shape index (κ3) is 4.19. The van der Waals surface area contributed by atoms with E-state index in [4.69, 9.17) is 11.5 Å². The van der Waals surface area contributed by atoms with E-state index in [0.717, 1.165) is 13.1 Å². The summed E-state index contributed by atoms with van der Waals surface area (Å²) in [5, 5.41) is 7.19. The minimum atomic E-state index is 0.357. The number of nitrogens with two attached hydrogens (primary N) is 2. The largest absolute Gasteiger partial charge is 0.326 e. The zero-order valence-electron chi connectivity index (χ0n) is 11.5. The Morgan fingerprint density at radius 2 is 1.06 bits per heavy atom. The van der Waals surface area contributed by atoms with E-state index < -0.39 is 0 Å². The molecule has 0 aromatic rings. The van der Waals surface area contributed by atoms with Gasteiger partial charge in [-0.3, -0.25) is 0 Å². The molecule has 0 aromatic heterocycles. The van der Waals surface area contributed by atoms with E-state index in [0.29, 0.717) is 24.2 Å². The summed E-state index contributed by atoms with van der Waals surface area (Å²) in [6, 6.07) is 1.77. The zero-order valence-corrected chi connectivity index (χ0v) is 11.5. The van der Waals surface area contributed by atoms with Gasteiger partial charge in [0.2, 0.25) is 0 Å².